The maximum atomic E-state index is 5.61. The van der Waals surface area contributed by atoms with Gasteiger partial charge in [0.05, 0.1) is 4.88 Å². The third-order valence-corrected chi connectivity index (χ3v) is 6.12. The molecule has 108 valence electrons. The highest BCUT2D eigenvalue weighted by Crippen LogP contribution is 2.30. The average molecular weight is 314 g/mol. The van der Waals surface area contributed by atoms with Crippen molar-refractivity contribution in [3.63, 3.8) is 0 Å². The van der Waals surface area contributed by atoms with Crippen LogP contribution in [0.25, 0.3) is 10.4 Å². The SMILES string of the molecule is S=C(N[C@@H]1C[C@H]2CC[C@@H]1N2)c1ccc(-c2ccccc2)s1. The Labute approximate surface area is 134 Å². The van der Waals surface area contributed by atoms with Crippen molar-refractivity contribution in [1.29, 1.82) is 0 Å². The first-order valence-corrected chi connectivity index (χ1v) is 8.74. The van der Waals surface area contributed by atoms with E-state index >= 15 is 0 Å². The van der Waals surface area contributed by atoms with E-state index in [1.54, 1.807) is 11.3 Å². The summed E-state index contributed by atoms with van der Waals surface area (Å²) in [6.07, 6.45) is 3.82. The molecule has 2 aliphatic rings. The molecule has 0 aliphatic carbocycles. The normalized spacial score (nSPS) is 27.0. The van der Waals surface area contributed by atoms with E-state index in [4.69, 9.17) is 12.2 Å². The van der Waals surface area contributed by atoms with Crippen molar-refractivity contribution in [2.45, 2.75) is 37.4 Å². The number of hydrogen-bond donors (Lipinski definition) is 2. The fourth-order valence-corrected chi connectivity index (χ4v) is 4.70. The minimum absolute atomic E-state index is 0.513. The summed E-state index contributed by atoms with van der Waals surface area (Å²) < 4.78 is 0. The second-order valence-electron chi connectivity index (χ2n) is 5.89. The summed E-state index contributed by atoms with van der Waals surface area (Å²) in [5, 5.41) is 7.22. The van der Waals surface area contributed by atoms with Gasteiger partial charge >= 0.3 is 0 Å². The lowest BCUT2D eigenvalue weighted by Gasteiger charge is -2.22. The van der Waals surface area contributed by atoms with Crippen LogP contribution in [0.5, 0.6) is 0 Å². The summed E-state index contributed by atoms with van der Waals surface area (Å²) >= 11 is 7.38. The number of fused-ring (bicyclic) bond motifs is 2. The highest BCUT2D eigenvalue weighted by molar-refractivity contribution is 7.81. The van der Waals surface area contributed by atoms with Crippen molar-refractivity contribution in [3.8, 4) is 10.4 Å². The highest BCUT2D eigenvalue weighted by Gasteiger charge is 2.39. The molecule has 2 N–H and O–H groups in total. The quantitative estimate of drug-likeness (QED) is 0.847. The van der Waals surface area contributed by atoms with E-state index in [0.717, 1.165) is 4.99 Å². The number of benzene rings is 1. The Balaban J connectivity index is 1.47. The second kappa shape index (κ2) is 5.52. The van der Waals surface area contributed by atoms with Gasteiger partial charge < -0.3 is 10.6 Å². The number of rotatable bonds is 3. The zero-order valence-corrected chi connectivity index (χ0v) is 13.3. The van der Waals surface area contributed by atoms with Gasteiger partial charge in [0.25, 0.3) is 0 Å². The van der Waals surface area contributed by atoms with Crippen LogP contribution in [0.15, 0.2) is 42.5 Å². The van der Waals surface area contributed by atoms with E-state index < -0.39 is 0 Å². The molecule has 0 unspecified atom stereocenters. The van der Waals surface area contributed by atoms with Gasteiger partial charge in [-0.25, -0.2) is 0 Å². The van der Waals surface area contributed by atoms with Gasteiger partial charge in [-0.1, -0.05) is 42.5 Å². The molecule has 2 saturated heterocycles. The van der Waals surface area contributed by atoms with Crippen LogP contribution in [0.3, 0.4) is 0 Å². The van der Waals surface area contributed by atoms with Crippen LogP contribution >= 0.6 is 23.6 Å². The molecule has 3 atom stereocenters. The van der Waals surface area contributed by atoms with Crippen molar-refractivity contribution < 1.29 is 0 Å². The van der Waals surface area contributed by atoms with E-state index in [2.05, 4.69) is 47.0 Å². The Morgan fingerprint density at radius 3 is 2.71 bits per heavy atom. The number of hydrogen-bond acceptors (Lipinski definition) is 3. The van der Waals surface area contributed by atoms with Crippen LogP contribution in [-0.2, 0) is 0 Å². The van der Waals surface area contributed by atoms with Gasteiger partial charge in [0.15, 0.2) is 0 Å². The molecule has 2 bridgehead atoms. The predicted molar refractivity (Wildman–Crippen MR) is 92.9 cm³/mol. The molecule has 4 rings (SSSR count). The van der Waals surface area contributed by atoms with Gasteiger partial charge in [-0.3, -0.25) is 0 Å². The first-order valence-electron chi connectivity index (χ1n) is 7.52. The highest BCUT2D eigenvalue weighted by atomic mass is 32.1. The van der Waals surface area contributed by atoms with Gasteiger partial charge in [-0.2, -0.15) is 0 Å². The van der Waals surface area contributed by atoms with Gasteiger partial charge in [-0.15, -0.1) is 11.3 Å². The third kappa shape index (κ3) is 2.63. The van der Waals surface area contributed by atoms with E-state index in [9.17, 15) is 0 Å². The van der Waals surface area contributed by atoms with Gasteiger partial charge in [0, 0.05) is 23.0 Å². The average Bonchev–Trinajstić information content (AvgIpc) is 3.24. The molecule has 0 saturated carbocycles. The number of thiocarbonyl (C=S) groups is 1. The molecule has 0 spiro atoms. The van der Waals surface area contributed by atoms with Crippen molar-refractivity contribution in [1.82, 2.24) is 10.6 Å². The standard InChI is InChI=1S/C17H18N2S2/c20-17(19-14-10-12-6-7-13(14)18-12)16-9-8-15(21-16)11-4-2-1-3-5-11/h1-5,8-9,12-14,18H,6-7,10H2,(H,19,20)/t12-,13+,14-/m1/s1. The summed E-state index contributed by atoms with van der Waals surface area (Å²) in [6.45, 7) is 0. The van der Waals surface area contributed by atoms with E-state index in [1.807, 2.05) is 6.07 Å². The van der Waals surface area contributed by atoms with Crippen LogP contribution in [0.2, 0.25) is 0 Å². The first-order chi connectivity index (χ1) is 10.3. The van der Waals surface area contributed by atoms with Gasteiger partial charge in [0.2, 0.25) is 0 Å². The molecular weight excluding hydrogens is 296 g/mol. The fraction of sp³-hybridized carbons (Fsp3) is 0.353. The molecule has 0 amide bonds. The lowest BCUT2D eigenvalue weighted by Crippen LogP contribution is -2.42. The minimum Gasteiger partial charge on any atom is -0.371 e. The first kappa shape index (κ1) is 13.4. The molecule has 2 nitrogen and oxygen atoms in total. The monoisotopic (exact) mass is 314 g/mol. The van der Waals surface area contributed by atoms with Gasteiger partial charge in [-0.05, 0) is 37.0 Å². The van der Waals surface area contributed by atoms with Crippen LogP contribution < -0.4 is 10.6 Å². The van der Waals surface area contributed by atoms with Crippen LogP contribution in [0, 0.1) is 0 Å². The van der Waals surface area contributed by atoms with Crippen LogP contribution in [0.1, 0.15) is 24.1 Å². The molecule has 4 heteroatoms. The smallest absolute Gasteiger partial charge is 0.117 e. The summed E-state index contributed by atoms with van der Waals surface area (Å²) in [7, 11) is 0. The number of nitrogens with one attached hydrogen (secondary N) is 2. The van der Waals surface area contributed by atoms with Gasteiger partial charge in [0.1, 0.15) is 4.99 Å². The van der Waals surface area contributed by atoms with Crippen molar-refractivity contribution in [2.24, 2.45) is 0 Å². The van der Waals surface area contributed by atoms with E-state index in [1.165, 1.54) is 34.6 Å². The van der Waals surface area contributed by atoms with E-state index in [0.29, 0.717) is 18.1 Å². The molecule has 2 aliphatic heterocycles. The van der Waals surface area contributed by atoms with Crippen molar-refractivity contribution in [3.05, 3.63) is 47.3 Å². The van der Waals surface area contributed by atoms with Crippen molar-refractivity contribution in [2.75, 3.05) is 0 Å². The lowest BCUT2D eigenvalue weighted by atomic mass is 9.95. The predicted octanol–water partition coefficient (Wildman–Crippen LogP) is 3.57. The fourth-order valence-electron chi connectivity index (χ4n) is 3.44. The summed E-state index contributed by atoms with van der Waals surface area (Å²) in [5.74, 6) is 0. The summed E-state index contributed by atoms with van der Waals surface area (Å²) in [4.78, 5) is 3.36. The molecule has 2 fully saturated rings. The molecule has 2 aromatic rings. The molecule has 21 heavy (non-hydrogen) atoms. The molecule has 0 radical (unpaired) electrons. The summed E-state index contributed by atoms with van der Waals surface area (Å²) in [5.41, 5.74) is 1.26. The van der Waals surface area contributed by atoms with Crippen LogP contribution in [-0.4, -0.2) is 23.1 Å². The molecule has 1 aromatic carbocycles. The molecule has 1 aromatic heterocycles. The maximum absolute atomic E-state index is 5.61. The Morgan fingerprint density at radius 2 is 2.00 bits per heavy atom. The zero-order valence-electron chi connectivity index (χ0n) is 11.7. The Hall–Kier alpha value is -1.23. The molecular formula is C17H18N2S2. The largest absolute Gasteiger partial charge is 0.371 e. The summed E-state index contributed by atoms with van der Waals surface area (Å²) in [6, 6.07) is 16.6. The second-order valence-corrected chi connectivity index (χ2v) is 7.39. The lowest BCUT2D eigenvalue weighted by molar-refractivity contribution is 0.469. The van der Waals surface area contributed by atoms with Crippen LogP contribution in [0.4, 0.5) is 0 Å². The minimum atomic E-state index is 0.513. The Morgan fingerprint density at radius 1 is 1.14 bits per heavy atom. The topological polar surface area (TPSA) is 24.1 Å². The number of thiophene rings is 1. The Bertz CT molecular complexity index is 650. The molecule has 3 heterocycles. The Kier molecular flexibility index (Phi) is 3.53. The zero-order chi connectivity index (χ0) is 14.2. The maximum Gasteiger partial charge on any atom is 0.117 e. The third-order valence-electron chi connectivity index (χ3n) is 4.50. The van der Waals surface area contributed by atoms with Crippen molar-refractivity contribution >= 4 is 28.5 Å². The van der Waals surface area contributed by atoms with E-state index in [-0.39, 0.29) is 0 Å².